The number of morpholine rings is 1. The number of anilines is 1. The van der Waals surface area contributed by atoms with Crippen molar-refractivity contribution in [2.75, 3.05) is 44.3 Å². The summed E-state index contributed by atoms with van der Waals surface area (Å²) in [4.78, 5) is 13.6. The van der Waals surface area contributed by atoms with E-state index in [0.29, 0.717) is 5.92 Å². The van der Waals surface area contributed by atoms with Gasteiger partial charge in [0, 0.05) is 50.9 Å². The van der Waals surface area contributed by atoms with Crippen LogP contribution in [0.3, 0.4) is 0 Å². The molecule has 8 nitrogen and oxygen atoms in total. The van der Waals surface area contributed by atoms with Gasteiger partial charge in [0.15, 0.2) is 0 Å². The van der Waals surface area contributed by atoms with Gasteiger partial charge in [-0.25, -0.2) is 9.97 Å². The maximum Gasteiger partial charge on any atom is 0.146 e. The summed E-state index contributed by atoms with van der Waals surface area (Å²) >= 11 is 0. The number of aromatic nitrogens is 5. The monoisotopic (exact) mass is 371 g/mol. The molecule has 2 aromatic rings. The average Bonchev–Trinajstić information content (AvgIpc) is 3.09. The van der Waals surface area contributed by atoms with Gasteiger partial charge in [-0.2, -0.15) is 0 Å². The minimum absolute atomic E-state index is 0.384. The summed E-state index contributed by atoms with van der Waals surface area (Å²) in [5, 5.41) is 9.06. The zero-order chi connectivity index (χ0) is 18.6. The summed E-state index contributed by atoms with van der Waals surface area (Å²) in [5.74, 6) is 3.55. The summed E-state index contributed by atoms with van der Waals surface area (Å²) < 4.78 is 7.63. The highest BCUT2D eigenvalue weighted by molar-refractivity contribution is 5.40. The van der Waals surface area contributed by atoms with E-state index in [0.717, 1.165) is 88.4 Å². The molecule has 0 bridgehead atoms. The second kappa shape index (κ2) is 8.31. The smallest absolute Gasteiger partial charge is 0.146 e. The van der Waals surface area contributed by atoms with E-state index < -0.39 is 0 Å². The topological polar surface area (TPSA) is 72.2 Å². The molecule has 8 heteroatoms. The summed E-state index contributed by atoms with van der Waals surface area (Å²) in [6.45, 7) is 8.48. The minimum Gasteiger partial charge on any atom is -0.379 e. The number of hydrogen-bond acceptors (Lipinski definition) is 7. The largest absolute Gasteiger partial charge is 0.379 e. The van der Waals surface area contributed by atoms with Crippen LogP contribution < -0.4 is 4.90 Å². The molecule has 146 valence electrons. The number of piperidine rings is 1. The Kier molecular flexibility index (Phi) is 5.63. The molecule has 2 fully saturated rings. The first kappa shape index (κ1) is 18.3. The third-order valence-corrected chi connectivity index (χ3v) is 5.65. The van der Waals surface area contributed by atoms with Gasteiger partial charge in [0.25, 0.3) is 0 Å². The van der Waals surface area contributed by atoms with Crippen LogP contribution in [0.2, 0.25) is 0 Å². The van der Waals surface area contributed by atoms with Crippen molar-refractivity contribution in [2.24, 2.45) is 7.05 Å². The molecule has 0 saturated carbocycles. The second-order valence-corrected chi connectivity index (χ2v) is 7.43. The molecule has 4 heterocycles. The molecule has 27 heavy (non-hydrogen) atoms. The van der Waals surface area contributed by atoms with Gasteiger partial charge in [-0.15, -0.1) is 10.2 Å². The van der Waals surface area contributed by atoms with Crippen LogP contribution in [0.1, 0.15) is 43.0 Å². The van der Waals surface area contributed by atoms with E-state index in [-0.39, 0.29) is 0 Å². The molecular formula is C19H29N7O. The van der Waals surface area contributed by atoms with Gasteiger partial charge < -0.3 is 14.2 Å². The lowest BCUT2D eigenvalue weighted by atomic mass is 9.97. The predicted molar refractivity (Wildman–Crippen MR) is 103 cm³/mol. The van der Waals surface area contributed by atoms with Crippen LogP contribution in [0.5, 0.6) is 0 Å². The molecule has 2 aliphatic rings. The van der Waals surface area contributed by atoms with Crippen molar-refractivity contribution in [3.05, 3.63) is 29.7 Å². The fraction of sp³-hybridized carbons (Fsp3) is 0.684. The molecule has 0 unspecified atom stereocenters. The molecule has 2 aromatic heterocycles. The molecule has 0 radical (unpaired) electrons. The van der Waals surface area contributed by atoms with Crippen molar-refractivity contribution in [3.63, 3.8) is 0 Å². The zero-order valence-corrected chi connectivity index (χ0v) is 16.3. The fourth-order valence-electron chi connectivity index (χ4n) is 3.98. The van der Waals surface area contributed by atoms with Crippen LogP contribution in [-0.4, -0.2) is 69.0 Å². The van der Waals surface area contributed by atoms with Crippen LogP contribution in [0, 0.1) is 0 Å². The highest BCUT2D eigenvalue weighted by Crippen LogP contribution is 2.28. The first-order chi connectivity index (χ1) is 13.2. The Morgan fingerprint density at radius 1 is 1.15 bits per heavy atom. The molecule has 1 atom stereocenters. The van der Waals surface area contributed by atoms with Crippen molar-refractivity contribution < 1.29 is 4.74 Å². The Hall–Kier alpha value is -2.06. The van der Waals surface area contributed by atoms with Gasteiger partial charge in [0.05, 0.1) is 19.8 Å². The van der Waals surface area contributed by atoms with Crippen molar-refractivity contribution in [1.29, 1.82) is 0 Å². The SMILES string of the molecule is CCc1cc(N2CCC[C@@H](c3nnc(CN4CCOCC4)n3C)C2)ncn1. The lowest BCUT2D eigenvalue weighted by molar-refractivity contribution is 0.0326. The fourth-order valence-corrected chi connectivity index (χ4v) is 3.98. The molecule has 2 saturated heterocycles. The number of aryl methyl sites for hydroxylation is 1. The van der Waals surface area contributed by atoms with Crippen LogP contribution in [0.4, 0.5) is 5.82 Å². The average molecular weight is 371 g/mol. The summed E-state index contributed by atoms with van der Waals surface area (Å²) in [5.41, 5.74) is 1.09. The molecule has 0 aromatic carbocycles. The maximum atomic E-state index is 5.44. The molecule has 4 rings (SSSR count). The normalized spacial score (nSPS) is 21.6. The van der Waals surface area contributed by atoms with E-state index >= 15 is 0 Å². The Labute approximate surface area is 160 Å². The van der Waals surface area contributed by atoms with E-state index in [2.05, 4.69) is 54.6 Å². The van der Waals surface area contributed by atoms with Gasteiger partial charge >= 0.3 is 0 Å². The lowest BCUT2D eigenvalue weighted by Crippen LogP contribution is -2.37. The molecule has 0 spiro atoms. The standard InChI is InChI=1S/C19H29N7O/c1-3-16-11-17(21-14-20-16)26-6-4-5-15(12-26)19-23-22-18(24(19)2)13-25-7-9-27-10-8-25/h11,14-15H,3-10,12-13H2,1-2H3/t15-/m1/s1. The van der Waals surface area contributed by atoms with E-state index in [9.17, 15) is 0 Å². The first-order valence-electron chi connectivity index (χ1n) is 9.98. The third kappa shape index (κ3) is 4.11. The highest BCUT2D eigenvalue weighted by atomic mass is 16.5. The van der Waals surface area contributed by atoms with Gasteiger partial charge in [-0.1, -0.05) is 6.92 Å². The first-order valence-corrected chi connectivity index (χ1v) is 9.98. The molecule has 0 N–H and O–H groups in total. The highest BCUT2D eigenvalue weighted by Gasteiger charge is 2.27. The van der Waals surface area contributed by atoms with E-state index in [4.69, 9.17) is 4.74 Å². The maximum absolute atomic E-state index is 5.44. The van der Waals surface area contributed by atoms with Gasteiger partial charge in [-0.05, 0) is 19.3 Å². The number of ether oxygens (including phenoxy) is 1. The summed E-state index contributed by atoms with van der Waals surface area (Å²) in [6, 6.07) is 2.11. The summed E-state index contributed by atoms with van der Waals surface area (Å²) in [6.07, 6.45) is 4.90. The van der Waals surface area contributed by atoms with Gasteiger partial charge in [-0.3, -0.25) is 4.90 Å². The van der Waals surface area contributed by atoms with Gasteiger partial charge in [0.1, 0.15) is 23.8 Å². The van der Waals surface area contributed by atoms with Crippen molar-refractivity contribution >= 4 is 5.82 Å². The van der Waals surface area contributed by atoms with Crippen LogP contribution in [0.25, 0.3) is 0 Å². The molecule has 2 aliphatic heterocycles. The second-order valence-electron chi connectivity index (χ2n) is 7.43. The van der Waals surface area contributed by atoms with Crippen LogP contribution in [-0.2, 0) is 24.8 Å². The molecule has 0 aliphatic carbocycles. The molecular weight excluding hydrogens is 342 g/mol. The Morgan fingerprint density at radius 2 is 2.00 bits per heavy atom. The minimum atomic E-state index is 0.384. The molecule has 0 amide bonds. The number of nitrogens with zero attached hydrogens (tertiary/aromatic N) is 7. The van der Waals surface area contributed by atoms with Crippen molar-refractivity contribution in [3.8, 4) is 0 Å². The zero-order valence-electron chi connectivity index (χ0n) is 16.3. The predicted octanol–water partition coefficient (Wildman–Crippen LogP) is 1.38. The Morgan fingerprint density at radius 3 is 2.81 bits per heavy atom. The quantitative estimate of drug-likeness (QED) is 0.786. The van der Waals surface area contributed by atoms with E-state index in [1.54, 1.807) is 6.33 Å². The third-order valence-electron chi connectivity index (χ3n) is 5.65. The number of rotatable bonds is 5. The van der Waals surface area contributed by atoms with E-state index in [1.165, 1.54) is 0 Å². The Balaban J connectivity index is 1.46. The van der Waals surface area contributed by atoms with E-state index in [1.807, 2.05) is 0 Å². The van der Waals surface area contributed by atoms with Gasteiger partial charge in [0.2, 0.25) is 0 Å². The van der Waals surface area contributed by atoms with Crippen LogP contribution >= 0.6 is 0 Å². The lowest BCUT2D eigenvalue weighted by Gasteiger charge is -2.33. The Bertz CT molecular complexity index is 756. The number of hydrogen-bond donors (Lipinski definition) is 0. The van der Waals surface area contributed by atoms with Crippen molar-refractivity contribution in [1.82, 2.24) is 29.6 Å². The van der Waals surface area contributed by atoms with Crippen molar-refractivity contribution in [2.45, 2.75) is 38.6 Å². The van der Waals surface area contributed by atoms with Crippen LogP contribution in [0.15, 0.2) is 12.4 Å². The summed E-state index contributed by atoms with van der Waals surface area (Å²) in [7, 11) is 2.10.